The predicted molar refractivity (Wildman–Crippen MR) is 117 cm³/mol. The van der Waals surface area contributed by atoms with Gasteiger partial charge >= 0.3 is 0 Å². The Hall–Kier alpha value is -2.83. The molecule has 0 spiro atoms. The van der Waals surface area contributed by atoms with E-state index >= 15 is 0 Å². The maximum Gasteiger partial charge on any atom is 0.262 e. The summed E-state index contributed by atoms with van der Waals surface area (Å²) in [6.07, 6.45) is 1.74. The molecular weight excluding hydrogens is 406 g/mol. The van der Waals surface area contributed by atoms with Gasteiger partial charge in [0.25, 0.3) is 5.56 Å². The molecule has 0 bridgehead atoms. The van der Waals surface area contributed by atoms with Crippen LogP contribution in [-0.2, 0) is 12.3 Å². The fourth-order valence-electron chi connectivity index (χ4n) is 2.95. The average molecular weight is 424 g/mol. The number of methoxy groups -OCH3 is 1. The van der Waals surface area contributed by atoms with Crippen LogP contribution in [0, 0.1) is 0 Å². The third-order valence-electron chi connectivity index (χ3n) is 4.48. The summed E-state index contributed by atoms with van der Waals surface area (Å²) in [5.41, 5.74) is 2.65. The summed E-state index contributed by atoms with van der Waals surface area (Å²) in [5, 5.41) is 1.73. The Morgan fingerprint density at radius 1 is 1.03 bits per heavy atom. The zero-order valence-corrected chi connectivity index (χ0v) is 17.3. The number of para-hydroxylation sites is 1. The standard InChI is InChI=1S/C22H18ClN3O2S/c1-28-17-9-6-15(7-10-17)13-26-21(27)18-4-2-3-5-19(18)25-22(26)29-14-16-8-11-20(23)24-12-16/h2-12H,13-14H2,1H3. The van der Waals surface area contributed by atoms with Gasteiger partial charge in [-0.1, -0.05) is 53.7 Å². The van der Waals surface area contributed by atoms with Crippen molar-refractivity contribution in [3.8, 4) is 5.75 Å². The molecule has 2 aromatic carbocycles. The van der Waals surface area contributed by atoms with Crippen LogP contribution in [0.2, 0.25) is 5.15 Å². The van der Waals surface area contributed by atoms with Gasteiger partial charge in [-0.3, -0.25) is 9.36 Å². The Morgan fingerprint density at radius 3 is 2.52 bits per heavy atom. The highest BCUT2D eigenvalue weighted by Crippen LogP contribution is 2.23. The molecule has 0 aliphatic rings. The molecule has 5 nitrogen and oxygen atoms in total. The van der Waals surface area contributed by atoms with Crippen LogP contribution in [0.3, 0.4) is 0 Å². The molecule has 0 saturated carbocycles. The number of nitrogens with zero attached hydrogens (tertiary/aromatic N) is 3. The number of ether oxygens (including phenoxy) is 1. The highest BCUT2D eigenvalue weighted by atomic mass is 35.5. The fraction of sp³-hybridized carbons (Fsp3) is 0.136. The van der Waals surface area contributed by atoms with Crippen LogP contribution in [0.4, 0.5) is 0 Å². The minimum atomic E-state index is -0.0526. The van der Waals surface area contributed by atoms with Gasteiger partial charge in [-0.2, -0.15) is 0 Å². The second-order valence-electron chi connectivity index (χ2n) is 6.43. The van der Waals surface area contributed by atoms with Crippen molar-refractivity contribution in [2.45, 2.75) is 17.5 Å². The van der Waals surface area contributed by atoms with Gasteiger partial charge in [0.1, 0.15) is 10.9 Å². The molecule has 146 valence electrons. The van der Waals surface area contributed by atoms with Gasteiger partial charge in [-0.05, 0) is 41.5 Å². The van der Waals surface area contributed by atoms with Crippen molar-refractivity contribution in [1.82, 2.24) is 14.5 Å². The topological polar surface area (TPSA) is 57.0 Å². The Morgan fingerprint density at radius 2 is 1.79 bits per heavy atom. The molecule has 0 aliphatic heterocycles. The number of halogens is 1. The van der Waals surface area contributed by atoms with E-state index in [9.17, 15) is 4.79 Å². The molecule has 0 fully saturated rings. The molecule has 0 aliphatic carbocycles. The molecule has 2 heterocycles. The summed E-state index contributed by atoms with van der Waals surface area (Å²) in [5.74, 6) is 1.42. The average Bonchev–Trinajstić information content (AvgIpc) is 2.76. The molecule has 0 unspecified atom stereocenters. The molecule has 0 radical (unpaired) electrons. The number of hydrogen-bond donors (Lipinski definition) is 0. The van der Waals surface area contributed by atoms with Gasteiger partial charge in [0.2, 0.25) is 0 Å². The second-order valence-corrected chi connectivity index (χ2v) is 7.76. The summed E-state index contributed by atoms with van der Waals surface area (Å²) >= 11 is 7.37. The lowest BCUT2D eigenvalue weighted by atomic mass is 10.2. The van der Waals surface area contributed by atoms with Crippen LogP contribution >= 0.6 is 23.4 Å². The summed E-state index contributed by atoms with van der Waals surface area (Å²) in [6.45, 7) is 0.432. The van der Waals surface area contributed by atoms with Crippen LogP contribution < -0.4 is 10.3 Å². The lowest BCUT2D eigenvalue weighted by Crippen LogP contribution is -2.24. The van der Waals surface area contributed by atoms with E-state index < -0.39 is 0 Å². The second kappa shape index (κ2) is 8.68. The fourth-order valence-corrected chi connectivity index (χ4v) is 4.00. The van der Waals surface area contributed by atoms with Crippen molar-refractivity contribution in [2.24, 2.45) is 0 Å². The van der Waals surface area contributed by atoms with Crippen molar-refractivity contribution in [1.29, 1.82) is 0 Å². The number of thioether (sulfide) groups is 1. The van der Waals surface area contributed by atoms with E-state index in [0.717, 1.165) is 16.9 Å². The van der Waals surface area contributed by atoms with Gasteiger partial charge in [-0.25, -0.2) is 9.97 Å². The number of pyridine rings is 1. The van der Waals surface area contributed by atoms with E-state index in [-0.39, 0.29) is 5.56 Å². The zero-order valence-electron chi connectivity index (χ0n) is 15.7. The molecule has 0 saturated heterocycles. The predicted octanol–water partition coefficient (Wildman–Crippen LogP) is 4.79. The lowest BCUT2D eigenvalue weighted by Gasteiger charge is -2.13. The number of aromatic nitrogens is 3. The minimum Gasteiger partial charge on any atom is -0.497 e. The van der Waals surface area contributed by atoms with Crippen molar-refractivity contribution in [2.75, 3.05) is 7.11 Å². The summed E-state index contributed by atoms with van der Waals surface area (Å²) in [4.78, 5) is 22.1. The van der Waals surface area contributed by atoms with Crippen LogP contribution in [-0.4, -0.2) is 21.6 Å². The van der Waals surface area contributed by atoms with Crippen molar-refractivity contribution < 1.29 is 4.74 Å². The SMILES string of the molecule is COc1ccc(Cn2c(SCc3ccc(Cl)nc3)nc3ccccc3c2=O)cc1. The zero-order chi connectivity index (χ0) is 20.2. The van der Waals surface area contributed by atoms with Crippen LogP contribution in [0.5, 0.6) is 5.75 Å². The van der Waals surface area contributed by atoms with E-state index in [1.54, 1.807) is 23.9 Å². The van der Waals surface area contributed by atoms with E-state index in [4.69, 9.17) is 21.3 Å². The van der Waals surface area contributed by atoms with E-state index in [2.05, 4.69) is 4.98 Å². The largest absolute Gasteiger partial charge is 0.497 e. The van der Waals surface area contributed by atoms with Gasteiger partial charge in [-0.15, -0.1) is 0 Å². The van der Waals surface area contributed by atoms with E-state index in [1.165, 1.54) is 11.8 Å². The quantitative estimate of drug-likeness (QED) is 0.253. The highest BCUT2D eigenvalue weighted by Gasteiger charge is 2.12. The first-order chi connectivity index (χ1) is 14.1. The lowest BCUT2D eigenvalue weighted by molar-refractivity contribution is 0.414. The first-order valence-electron chi connectivity index (χ1n) is 9.00. The Bertz CT molecular complexity index is 1190. The molecule has 4 aromatic rings. The van der Waals surface area contributed by atoms with Crippen LogP contribution in [0.1, 0.15) is 11.1 Å². The van der Waals surface area contributed by atoms with Crippen molar-refractivity contribution >= 4 is 34.3 Å². The molecular formula is C22H18ClN3O2S. The van der Waals surface area contributed by atoms with E-state index in [1.807, 2.05) is 54.6 Å². The summed E-state index contributed by atoms with van der Waals surface area (Å²) in [6, 6.07) is 18.8. The third kappa shape index (κ3) is 4.44. The van der Waals surface area contributed by atoms with Crippen molar-refractivity contribution in [3.63, 3.8) is 0 Å². The number of hydrogen-bond acceptors (Lipinski definition) is 5. The first-order valence-corrected chi connectivity index (χ1v) is 10.4. The highest BCUT2D eigenvalue weighted by molar-refractivity contribution is 7.98. The van der Waals surface area contributed by atoms with E-state index in [0.29, 0.717) is 33.5 Å². The summed E-state index contributed by atoms with van der Waals surface area (Å²) in [7, 11) is 1.63. The van der Waals surface area contributed by atoms with Gasteiger partial charge in [0.15, 0.2) is 5.16 Å². The van der Waals surface area contributed by atoms with Crippen molar-refractivity contribution in [3.05, 3.63) is 93.5 Å². The molecule has 7 heteroatoms. The Labute approximate surface area is 177 Å². The van der Waals surface area contributed by atoms with Gasteiger partial charge in [0, 0.05) is 11.9 Å². The number of benzene rings is 2. The monoisotopic (exact) mass is 423 g/mol. The maximum absolute atomic E-state index is 13.2. The molecule has 2 aromatic heterocycles. The molecule has 4 rings (SSSR count). The smallest absolute Gasteiger partial charge is 0.262 e. The Balaban J connectivity index is 1.71. The molecule has 0 atom stereocenters. The van der Waals surface area contributed by atoms with Gasteiger partial charge < -0.3 is 4.74 Å². The summed E-state index contributed by atoms with van der Waals surface area (Å²) < 4.78 is 6.94. The van der Waals surface area contributed by atoms with Crippen LogP contribution in [0.25, 0.3) is 10.9 Å². The minimum absolute atomic E-state index is 0.0526. The molecule has 0 N–H and O–H groups in total. The Kier molecular flexibility index (Phi) is 5.83. The number of rotatable bonds is 6. The molecule has 0 amide bonds. The maximum atomic E-state index is 13.2. The number of fused-ring (bicyclic) bond motifs is 1. The normalized spacial score (nSPS) is 11.0. The molecule has 29 heavy (non-hydrogen) atoms. The third-order valence-corrected chi connectivity index (χ3v) is 5.75. The van der Waals surface area contributed by atoms with Gasteiger partial charge in [0.05, 0.1) is 24.6 Å². The van der Waals surface area contributed by atoms with Crippen LogP contribution in [0.15, 0.2) is 76.8 Å². The first kappa shape index (κ1) is 19.5.